The van der Waals surface area contributed by atoms with Gasteiger partial charge in [0.25, 0.3) is 11.3 Å². The third-order valence-corrected chi connectivity index (χ3v) is 5.39. The minimum Gasteiger partial charge on any atom is -0.290 e. The molecule has 2 heterocycles. The SMILES string of the molecule is CCn1c(-c2ccc(SC(F)F)cc2C)nn2c(C)cc(C(C)C)c2c1=O. The maximum absolute atomic E-state index is 13.2. The Balaban J connectivity index is 2.26. The van der Waals surface area contributed by atoms with Crippen LogP contribution in [0.25, 0.3) is 16.9 Å². The quantitative estimate of drug-likeness (QED) is 0.559. The summed E-state index contributed by atoms with van der Waals surface area (Å²) in [4.78, 5) is 13.7. The Morgan fingerprint density at radius 1 is 1.19 bits per heavy atom. The molecule has 1 aromatic carbocycles. The molecular weight excluding hydrogens is 368 g/mol. The Bertz CT molecular complexity index is 1050. The number of rotatable bonds is 5. The van der Waals surface area contributed by atoms with Crippen LogP contribution in [0, 0.1) is 13.8 Å². The second-order valence-corrected chi connectivity index (χ2v) is 7.95. The molecule has 27 heavy (non-hydrogen) atoms. The minimum absolute atomic E-state index is 0.0790. The molecule has 0 N–H and O–H groups in total. The van der Waals surface area contributed by atoms with E-state index in [0.717, 1.165) is 22.4 Å². The third kappa shape index (κ3) is 3.52. The molecule has 7 heteroatoms. The van der Waals surface area contributed by atoms with Crippen LogP contribution in [0.15, 0.2) is 34.0 Å². The Hall–Kier alpha value is -2.15. The van der Waals surface area contributed by atoms with Gasteiger partial charge in [0.15, 0.2) is 5.82 Å². The maximum Gasteiger partial charge on any atom is 0.288 e. The van der Waals surface area contributed by atoms with Crippen LogP contribution >= 0.6 is 11.8 Å². The van der Waals surface area contributed by atoms with Crippen molar-refractivity contribution in [2.24, 2.45) is 0 Å². The lowest BCUT2D eigenvalue weighted by molar-refractivity contribution is 0.252. The van der Waals surface area contributed by atoms with Gasteiger partial charge in [0, 0.05) is 22.7 Å². The van der Waals surface area contributed by atoms with Gasteiger partial charge in [-0.1, -0.05) is 25.6 Å². The molecular formula is C20H23F2N3OS. The van der Waals surface area contributed by atoms with Gasteiger partial charge in [-0.05, 0) is 62.1 Å². The molecule has 0 saturated carbocycles. The molecule has 4 nitrogen and oxygen atoms in total. The van der Waals surface area contributed by atoms with E-state index in [2.05, 4.69) is 13.8 Å². The number of halogens is 2. The first-order valence-electron chi connectivity index (χ1n) is 8.93. The molecule has 0 saturated heterocycles. The molecule has 0 aliphatic carbocycles. The summed E-state index contributed by atoms with van der Waals surface area (Å²) < 4.78 is 28.6. The fraction of sp³-hybridized carbons (Fsp3) is 0.400. The van der Waals surface area contributed by atoms with Gasteiger partial charge in [0.05, 0.1) is 0 Å². The molecule has 0 unspecified atom stereocenters. The van der Waals surface area contributed by atoms with Gasteiger partial charge in [-0.2, -0.15) is 8.78 Å². The normalized spacial score (nSPS) is 11.9. The van der Waals surface area contributed by atoms with Crippen molar-refractivity contribution in [1.82, 2.24) is 14.2 Å². The van der Waals surface area contributed by atoms with Crippen LogP contribution in [0.5, 0.6) is 0 Å². The monoisotopic (exact) mass is 391 g/mol. The number of nitrogens with zero attached hydrogens (tertiary/aromatic N) is 3. The lowest BCUT2D eigenvalue weighted by atomic mass is 10.1. The summed E-state index contributed by atoms with van der Waals surface area (Å²) in [5.41, 5.74) is 3.99. The van der Waals surface area contributed by atoms with Crippen molar-refractivity contribution in [2.75, 3.05) is 0 Å². The summed E-state index contributed by atoms with van der Waals surface area (Å²) in [6, 6.07) is 7.14. The van der Waals surface area contributed by atoms with Crippen molar-refractivity contribution in [3.63, 3.8) is 0 Å². The maximum atomic E-state index is 13.2. The zero-order valence-corrected chi connectivity index (χ0v) is 16.9. The first-order chi connectivity index (χ1) is 12.7. The smallest absolute Gasteiger partial charge is 0.288 e. The molecule has 0 atom stereocenters. The number of benzene rings is 1. The van der Waals surface area contributed by atoms with Crippen LogP contribution in [0.4, 0.5) is 8.78 Å². The van der Waals surface area contributed by atoms with E-state index < -0.39 is 5.76 Å². The minimum atomic E-state index is -2.46. The molecule has 0 aliphatic heterocycles. The van der Waals surface area contributed by atoms with Crippen molar-refractivity contribution >= 4 is 17.3 Å². The number of thioether (sulfide) groups is 1. The van der Waals surface area contributed by atoms with Crippen LogP contribution in [-0.2, 0) is 6.54 Å². The van der Waals surface area contributed by atoms with Gasteiger partial charge in [0.2, 0.25) is 0 Å². The fourth-order valence-corrected chi connectivity index (χ4v) is 3.96. The summed E-state index contributed by atoms with van der Waals surface area (Å²) in [6.07, 6.45) is 0. The zero-order chi connectivity index (χ0) is 19.9. The highest BCUT2D eigenvalue weighted by atomic mass is 32.2. The second kappa shape index (κ2) is 7.46. The molecule has 0 aliphatic rings. The molecule has 3 aromatic rings. The van der Waals surface area contributed by atoms with Crippen LogP contribution in [0.1, 0.15) is 43.5 Å². The first-order valence-corrected chi connectivity index (χ1v) is 9.81. The molecule has 2 aromatic heterocycles. The highest BCUT2D eigenvalue weighted by molar-refractivity contribution is 7.99. The van der Waals surface area contributed by atoms with Crippen molar-refractivity contribution in [3.05, 3.63) is 51.4 Å². The van der Waals surface area contributed by atoms with Crippen molar-refractivity contribution < 1.29 is 8.78 Å². The number of fused-ring (bicyclic) bond motifs is 1. The first kappa shape index (κ1) is 19.6. The van der Waals surface area contributed by atoms with Crippen molar-refractivity contribution in [2.45, 2.75) is 57.7 Å². The van der Waals surface area contributed by atoms with Crippen LogP contribution in [-0.4, -0.2) is 19.9 Å². The van der Waals surface area contributed by atoms with E-state index in [9.17, 15) is 13.6 Å². The van der Waals surface area contributed by atoms with E-state index in [1.807, 2.05) is 26.8 Å². The molecule has 144 valence electrons. The van der Waals surface area contributed by atoms with Crippen molar-refractivity contribution in [3.8, 4) is 11.4 Å². The zero-order valence-electron chi connectivity index (χ0n) is 16.1. The molecule has 0 spiro atoms. The molecule has 0 bridgehead atoms. The average molecular weight is 391 g/mol. The number of hydrogen-bond donors (Lipinski definition) is 0. The Labute approximate surface area is 161 Å². The number of hydrogen-bond acceptors (Lipinski definition) is 3. The van der Waals surface area contributed by atoms with E-state index in [-0.39, 0.29) is 11.5 Å². The van der Waals surface area contributed by atoms with E-state index in [1.165, 1.54) is 0 Å². The number of alkyl halides is 2. The predicted octanol–water partition coefficient (Wildman–Crippen LogP) is 5.24. The summed E-state index contributed by atoms with van der Waals surface area (Å²) in [7, 11) is 0. The fourth-order valence-electron chi connectivity index (χ4n) is 3.36. The Morgan fingerprint density at radius 2 is 1.89 bits per heavy atom. The van der Waals surface area contributed by atoms with E-state index in [4.69, 9.17) is 5.10 Å². The van der Waals surface area contributed by atoms with Gasteiger partial charge < -0.3 is 0 Å². The highest BCUT2D eigenvalue weighted by Gasteiger charge is 2.20. The topological polar surface area (TPSA) is 39.3 Å². The van der Waals surface area contributed by atoms with Crippen LogP contribution in [0.3, 0.4) is 0 Å². The van der Waals surface area contributed by atoms with Gasteiger partial charge in [-0.3, -0.25) is 9.36 Å². The standard InChI is InChI=1S/C20H23F2N3OS/c1-6-24-18(15-8-7-14(9-12(15)4)27-20(21)22)23-25-13(5)10-16(11(2)3)17(25)19(24)26/h7-11,20H,6H2,1-5H3. The van der Waals surface area contributed by atoms with Gasteiger partial charge in [-0.15, -0.1) is 5.10 Å². The van der Waals surface area contributed by atoms with E-state index in [0.29, 0.717) is 34.5 Å². The summed E-state index contributed by atoms with van der Waals surface area (Å²) in [5, 5.41) is 4.76. The summed E-state index contributed by atoms with van der Waals surface area (Å²) in [6.45, 7) is 10.3. The largest absolute Gasteiger partial charge is 0.290 e. The Morgan fingerprint density at radius 3 is 2.44 bits per heavy atom. The van der Waals surface area contributed by atoms with Gasteiger partial charge >= 0.3 is 0 Å². The van der Waals surface area contributed by atoms with E-state index in [1.54, 1.807) is 27.3 Å². The molecule has 0 amide bonds. The molecule has 3 rings (SSSR count). The van der Waals surface area contributed by atoms with Gasteiger partial charge in [0.1, 0.15) is 5.52 Å². The summed E-state index contributed by atoms with van der Waals surface area (Å²) >= 11 is 0.514. The summed E-state index contributed by atoms with van der Waals surface area (Å²) in [5.74, 6) is -1.70. The number of aromatic nitrogens is 3. The highest BCUT2D eigenvalue weighted by Crippen LogP contribution is 2.30. The molecule has 0 radical (unpaired) electrons. The Kier molecular flexibility index (Phi) is 5.42. The second-order valence-electron chi connectivity index (χ2n) is 6.88. The third-order valence-electron chi connectivity index (χ3n) is 4.68. The van der Waals surface area contributed by atoms with Crippen molar-refractivity contribution in [1.29, 1.82) is 0 Å². The number of aryl methyl sites for hydroxylation is 2. The van der Waals surface area contributed by atoms with Gasteiger partial charge in [-0.25, -0.2) is 4.52 Å². The molecule has 0 fully saturated rings. The predicted molar refractivity (Wildman–Crippen MR) is 106 cm³/mol. The van der Waals surface area contributed by atoms with E-state index >= 15 is 0 Å². The van der Waals surface area contributed by atoms with Crippen LogP contribution < -0.4 is 5.56 Å². The van der Waals surface area contributed by atoms with Crippen LogP contribution in [0.2, 0.25) is 0 Å². The lowest BCUT2D eigenvalue weighted by Gasteiger charge is -2.15. The lowest BCUT2D eigenvalue weighted by Crippen LogP contribution is -2.26. The average Bonchev–Trinajstić information content (AvgIpc) is 2.92.